The van der Waals surface area contributed by atoms with Gasteiger partial charge in [0.25, 0.3) is 0 Å². The highest BCUT2D eigenvalue weighted by molar-refractivity contribution is 9.10. The van der Waals surface area contributed by atoms with Crippen molar-refractivity contribution in [2.24, 2.45) is 0 Å². The highest BCUT2D eigenvalue weighted by atomic mass is 79.9. The molecule has 4 nitrogen and oxygen atoms in total. The second-order valence-electron chi connectivity index (χ2n) is 2.86. The van der Waals surface area contributed by atoms with Crippen molar-refractivity contribution in [1.82, 2.24) is 5.32 Å². The lowest BCUT2D eigenvalue weighted by Gasteiger charge is -2.14. The topological polar surface area (TPSA) is 55.4 Å². The molecular formula is C9H16BrNO3. The van der Waals surface area contributed by atoms with Crippen molar-refractivity contribution in [3.8, 4) is 0 Å². The summed E-state index contributed by atoms with van der Waals surface area (Å²) in [4.78, 5) is 22.2. The van der Waals surface area contributed by atoms with Crippen LogP contribution in [0.25, 0.3) is 0 Å². The standard InChI is InChI=1S/C9H16BrNO3/c1-4-7(10)8(12)11-6(3)9(13)14-5-2/h6-7H,4-5H2,1-3H3,(H,11,12). The molecule has 2 unspecified atom stereocenters. The molecular weight excluding hydrogens is 250 g/mol. The Morgan fingerprint density at radius 3 is 2.43 bits per heavy atom. The lowest BCUT2D eigenvalue weighted by atomic mass is 10.3. The fourth-order valence-corrected chi connectivity index (χ4v) is 0.948. The molecule has 0 aliphatic heterocycles. The zero-order valence-corrected chi connectivity index (χ0v) is 10.3. The summed E-state index contributed by atoms with van der Waals surface area (Å²) in [7, 11) is 0. The van der Waals surface area contributed by atoms with Crippen LogP contribution in [0.4, 0.5) is 0 Å². The molecule has 0 bridgehead atoms. The Morgan fingerprint density at radius 2 is 2.00 bits per heavy atom. The summed E-state index contributed by atoms with van der Waals surface area (Å²) in [5, 5.41) is 2.55. The van der Waals surface area contributed by atoms with Crippen LogP contribution in [0.3, 0.4) is 0 Å². The summed E-state index contributed by atoms with van der Waals surface area (Å²) in [6.07, 6.45) is 0.682. The molecule has 0 aliphatic carbocycles. The number of carbonyl (C=O) groups excluding carboxylic acids is 2. The second-order valence-corrected chi connectivity index (χ2v) is 3.96. The maximum absolute atomic E-state index is 11.3. The third kappa shape index (κ3) is 4.60. The van der Waals surface area contributed by atoms with E-state index in [1.54, 1.807) is 13.8 Å². The predicted octanol–water partition coefficient (Wildman–Crippen LogP) is 1.23. The lowest BCUT2D eigenvalue weighted by Crippen LogP contribution is -2.42. The van der Waals surface area contributed by atoms with Crippen molar-refractivity contribution in [3.05, 3.63) is 0 Å². The molecule has 0 saturated heterocycles. The van der Waals surface area contributed by atoms with Crippen LogP contribution in [-0.4, -0.2) is 29.4 Å². The Balaban J connectivity index is 3.99. The van der Waals surface area contributed by atoms with Crippen LogP contribution in [0.5, 0.6) is 0 Å². The third-order valence-corrected chi connectivity index (χ3v) is 2.71. The maximum atomic E-state index is 11.3. The number of halogens is 1. The van der Waals surface area contributed by atoms with Gasteiger partial charge in [0.15, 0.2) is 0 Å². The van der Waals surface area contributed by atoms with Gasteiger partial charge in [-0.05, 0) is 20.3 Å². The first-order valence-corrected chi connectivity index (χ1v) is 5.55. The number of ether oxygens (including phenoxy) is 1. The Labute approximate surface area is 92.5 Å². The van der Waals surface area contributed by atoms with Crippen molar-refractivity contribution < 1.29 is 14.3 Å². The molecule has 0 rings (SSSR count). The van der Waals surface area contributed by atoms with E-state index in [1.807, 2.05) is 6.92 Å². The van der Waals surface area contributed by atoms with Crippen LogP contribution in [0, 0.1) is 0 Å². The van der Waals surface area contributed by atoms with E-state index in [1.165, 1.54) is 0 Å². The van der Waals surface area contributed by atoms with Gasteiger partial charge in [0.05, 0.1) is 11.4 Å². The number of amides is 1. The van der Waals surface area contributed by atoms with Gasteiger partial charge in [-0.25, -0.2) is 4.79 Å². The van der Waals surface area contributed by atoms with E-state index in [-0.39, 0.29) is 10.7 Å². The average Bonchev–Trinajstić information content (AvgIpc) is 2.16. The van der Waals surface area contributed by atoms with Crippen molar-refractivity contribution in [2.45, 2.75) is 38.1 Å². The first-order chi connectivity index (χ1) is 6.52. The van der Waals surface area contributed by atoms with Gasteiger partial charge in [-0.2, -0.15) is 0 Å². The van der Waals surface area contributed by atoms with E-state index >= 15 is 0 Å². The van der Waals surface area contributed by atoms with Crippen molar-refractivity contribution in [3.63, 3.8) is 0 Å². The van der Waals surface area contributed by atoms with Crippen LogP contribution in [-0.2, 0) is 14.3 Å². The van der Waals surface area contributed by atoms with Gasteiger partial charge in [-0.3, -0.25) is 4.79 Å². The van der Waals surface area contributed by atoms with Gasteiger partial charge in [0, 0.05) is 0 Å². The maximum Gasteiger partial charge on any atom is 0.328 e. The second kappa shape index (κ2) is 6.81. The smallest absolute Gasteiger partial charge is 0.328 e. The van der Waals surface area contributed by atoms with Crippen molar-refractivity contribution >= 4 is 27.8 Å². The fourth-order valence-electron chi connectivity index (χ4n) is 0.815. The molecule has 0 aromatic carbocycles. The van der Waals surface area contributed by atoms with Gasteiger partial charge in [-0.1, -0.05) is 22.9 Å². The van der Waals surface area contributed by atoms with Crippen LogP contribution < -0.4 is 5.32 Å². The van der Waals surface area contributed by atoms with Gasteiger partial charge >= 0.3 is 5.97 Å². The molecule has 0 aliphatic rings. The molecule has 0 heterocycles. The van der Waals surface area contributed by atoms with Crippen LogP contribution >= 0.6 is 15.9 Å². The van der Waals surface area contributed by atoms with E-state index in [0.29, 0.717) is 13.0 Å². The zero-order valence-electron chi connectivity index (χ0n) is 8.67. The molecule has 2 atom stereocenters. The van der Waals surface area contributed by atoms with E-state index in [0.717, 1.165) is 0 Å². The number of hydrogen-bond acceptors (Lipinski definition) is 3. The quantitative estimate of drug-likeness (QED) is 0.601. The summed E-state index contributed by atoms with van der Waals surface area (Å²) < 4.78 is 4.75. The molecule has 1 N–H and O–H groups in total. The van der Waals surface area contributed by atoms with E-state index in [4.69, 9.17) is 4.74 Å². The van der Waals surface area contributed by atoms with E-state index < -0.39 is 12.0 Å². The Kier molecular flexibility index (Phi) is 6.53. The number of esters is 1. The zero-order chi connectivity index (χ0) is 11.1. The first kappa shape index (κ1) is 13.4. The molecule has 1 amide bonds. The van der Waals surface area contributed by atoms with Crippen molar-refractivity contribution in [2.75, 3.05) is 6.61 Å². The molecule has 0 fully saturated rings. The number of alkyl halides is 1. The molecule has 0 saturated carbocycles. The molecule has 0 radical (unpaired) electrons. The van der Waals surface area contributed by atoms with Gasteiger partial charge < -0.3 is 10.1 Å². The summed E-state index contributed by atoms with van der Waals surface area (Å²) in [5.41, 5.74) is 0. The number of rotatable bonds is 5. The van der Waals surface area contributed by atoms with E-state index in [9.17, 15) is 9.59 Å². The lowest BCUT2D eigenvalue weighted by molar-refractivity contribution is -0.146. The summed E-state index contributed by atoms with van der Waals surface area (Å²) in [5.74, 6) is -0.593. The predicted molar refractivity (Wildman–Crippen MR) is 57.2 cm³/mol. The molecule has 0 aromatic heterocycles. The van der Waals surface area contributed by atoms with Gasteiger partial charge in [0.2, 0.25) is 5.91 Å². The highest BCUT2D eigenvalue weighted by Gasteiger charge is 2.19. The number of carbonyl (C=O) groups is 2. The summed E-state index contributed by atoms with van der Waals surface area (Å²) in [6.45, 7) is 5.54. The minimum Gasteiger partial charge on any atom is -0.464 e. The van der Waals surface area contributed by atoms with Crippen LogP contribution in [0.1, 0.15) is 27.2 Å². The Morgan fingerprint density at radius 1 is 1.43 bits per heavy atom. The SMILES string of the molecule is CCOC(=O)C(C)NC(=O)C(Br)CC. The molecule has 0 spiro atoms. The fraction of sp³-hybridized carbons (Fsp3) is 0.778. The largest absolute Gasteiger partial charge is 0.464 e. The molecule has 82 valence electrons. The van der Waals surface area contributed by atoms with Gasteiger partial charge in [0.1, 0.15) is 6.04 Å². The Hall–Kier alpha value is -0.580. The molecule has 0 aromatic rings. The monoisotopic (exact) mass is 265 g/mol. The van der Waals surface area contributed by atoms with Gasteiger partial charge in [-0.15, -0.1) is 0 Å². The van der Waals surface area contributed by atoms with E-state index in [2.05, 4.69) is 21.2 Å². The van der Waals surface area contributed by atoms with Crippen LogP contribution in [0.15, 0.2) is 0 Å². The molecule has 5 heteroatoms. The van der Waals surface area contributed by atoms with Crippen molar-refractivity contribution in [1.29, 1.82) is 0 Å². The normalized spacial score (nSPS) is 14.3. The molecule has 14 heavy (non-hydrogen) atoms. The minimum atomic E-state index is -0.589. The average molecular weight is 266 g/mol. The van der Waals surface area contributed by atoms with Crippen LogP contribution in [0.2, 0.25) is 0 Å². The summed E-state index contributed by atoms with van der Waals surface area (Å²) in [6, 6.07) is -0.589. The number of hydrogen-bond donors (Lipinski definition) is 1. The summed E-state index contributed by atoms with van der Waals surface area (Å²) >= 11 is 3.19. The highest BCUT2D eigenvalue weighted by Crippen LogP contribution is 2.04. The Bertz CT molecular complexity index is 208. The first-order valence-electron chi connectivity index (χ1n) is 4.64. The number of nitrogens with one attached hydrogen (secondary N) is 1. The minimum absolute atomic E-state index is 0.187. The third-order valence-electron chi connectivity index (χ3n) is 1.64.